The number of anilines is 1. The Morgan fingerprint density at radius 3 is 2.65 bits per heavy atom. The maximum absolute atomic E-state index is 11.8. The van der Waals surface area contributed by atoms with Crippen LogP contribution in [0.5, 0.6) is 0 Å². The number of benzene rings is 1. The Morgan fingerprint density at radius 2 is 1.95 bits per heavy atom. The van der Waals surface area contributed by atoms with Gasteiger partial charge in [0.25, 0.3) is 0 Å². The van der Waals surface area contributed by atoms with E-state index in [4.69, 9.17) is 11.6 Å². The molecule has 5 heteroatoms. The lowest BCUT2D eigenvalue weighted by atomic mass is 10.1. The zero-order valence-corrected chi connectivity index (χ0v) is 12.7. The maximum atomic E-state index is 11.8. The highest BCUT2D eigenvalue weighted by Crippen LogP contribution is 2.23. The number of hydrogen-bond acceptors (Lipinski definition) is 2. The van der Waals surface area contributed by atoms with Crippen LogP contribution in [0.4, 0.5) is 5.69 Å². The van der Waals surface area contributed by atoms with Crippen LogP contribution in [0.25, 0.3) is 0 Å². The molecule has 0 heterocycles. The average Bonchev–Trinajstić information content (AvgIpc) is 2.39. The number of nitrogens with one attached hydrogen (secondary N) is 2. The highest BCUT2D eigenvalue weighted by atomic mass is 35.5. The van der Waals surface area contributed by atoms with E-state index in [0.717, 1.165) is 30.5 Å². The topological polar surface area (TPSA) is 58.2 Å². The molecule has 110 valence electrons. The second-order valence-corrected chi connectivity index (χ2v) is 5.16. The lowest BCUT2D eigenvalue weighted by Crippen LogP contribution is -2.20. The highest BCUT2D eigenvalue weighted by Gasteiger charge is 2.06. The van der Waals surface area contributed by atoms with Gasteiger partial charge in [0.05, 0.1) is 0 Å². The van der Waals surface area contributed by atoms with Crippen LogP contribution in [0, 0.1) is 6.92 Å². The molecule has 0 saturated heterocycles. The van der Waals surface area contributed by atoms with Crippen molar-refractivity contribution in [1.82, 2.24) is 5.32 Å². The number of carbonyl (C=O) groups excluding carboxylic acids is 2. The first-order chi connectivity index (χ1) is 9.50. The summed E-state index contributed by atoms with van der Waals surface area (Å²) in [5.74, 6) is -0.0194. The van der Waals surface area contributed by atoms with Crippen LogP contribution < -0.4 is 10.6 Å². The predicted octanol–water partition coefficient (Wildman–Crippen LogP) is 3.28. The molecule has 0 aromatic heterocycles. The summed E-state index contributed by atoms with van der Waals surface area (Å²) in [5, 5.41) is 6.25. The summed E-state index contributed by atoms with van der Waals surface area (Å²) in [7, 11) is 0. The molecule has 20 heavy (non-hydrogen) atoms. The van der Waals surface area contributed by atoms with Gasteiger partial charge in [-0.25, -0.2) is 0 Å². The Hall–Kier alpha value is -1.55. The van der Waals surface area contributed by atoms with Crippen molar-refractivity contribution in [2.24, 2.45) is 0 Å². The molecule has 0 aliphatic rings. The van der Waals surface area contributed by atoms with Gasteiger partial charge in [0.1, 0.15) is 0 Å². The van der Waals surface area contributed by atoms with E-state index < -0.39 is 0 Å². The van der Waals surface area contributed by atoms with Crippen molar-refractivity contribution in [2.45, 2.75) is 39.5 Å². The largest absolute Gasteiger partial charge is 0.356 e. The van der Waals surface area contributed by atoms with Gasteiger partial charge in [-0.1, -0.05) is 24.1 Å². The molecule has 2 amide bonds. The third-order valence-corrected chi connectivity index (χ3v) is 3.41. The number of unbranched alkanes of at least 4 members (excludes halogenated alkanes) is 2. The zero-order valence-electron chi connectivity index (χ0n) is 12.0. The first kappa shape index (κ1) is 16.5. The van der Waals surface area contributed by atoms with Crippen LogP contribution in [-0.2, 0) is 9.59 Å². The van der Waals surface area contributed by atoms with Crippen molar-refractivity contribution >= 4 is 29.1 Å². The van der Waals surface area contributed by atoms with Crippen LogP contribution in [-0.4, -0.2) is 18.4 Å². The van der Waals surface area contributed by atoms with E-state index in [9.17, 15) is 9.59 Å². The van der Waals surface area contributed by atoms with Gasteiger partial charge in [0.15, 0.2) is 0 Å². The van der Waals surface area contributed by atoms with E-state index in [0.29, 0.717) is 18.0 Å². The summed E-state index contributed by atoms with van der Waals surface area (Å²) in [6.45, 7) is 4.05. The summed E-state index contributed by atoms with van der Waals surface area (Å²) in [6.07, 6.45) is 3.10. The van der Waals surface area contributed by atoms with Crippen molar-refractivity contribution in [3.8, 4) is 0 Å². The summed E-state index contributed by atoms with van der Waals surface area (Å²) in [6, 6.07) is 5.46. The Balaban J connectivity index is 2.24. The molecule has 0 bridgehead atoms. The zero-order chi connectivity index (χ0) is 15.0. The SMILES string of the molecule is CC(=O)NCCCCCC(=O)Nc1cccc(Cl)c1C. The van der Waals surface area contributed by atoms with Gasteiger partial charge in [-0.05, 0) is 37.5 Å². The molecule has 4 nitrogen and oxygen atoms in total. The van der Waals surface area contributed by atoms with Crippen LogP contribution in [0.2, 0.25) is 5.02 Å². The maximum Gasteiger partial charge on any atom is 0.224 e. The second kappa shape index (κ2) is 8.59. The standard InChI is InChI=1S/C15H21ClN2O2/c1-11-13(16)7-6-8-14(11)18-15(20)9-4-3-5-10-17-12(2)19/h6-8H,3-5,9-10H2,1-2H3,(H,17,19)(H,18,20). The summed E-state index contributed by atoms with van der Waals surface area (Å²) in [4.78, 5) is 22.5. The quantitative estimate of drug-likeness (QED) is 0.759. The van der Waals surface area contributed by atoms with Crippen LogP contribution in [0.3, 0.4) is 0 Å². The van der Waals surface area contributed by atoms with E-state index >= 15 is 0 Å². The molecular weight excluding hydrogens is 276 g/mol. The third-order valence-electron chi connectivity index (χ3n) is 3.00. The summed E-state index contributed by atoms with van der Waals surface area (Å²) >= 11 is 6.00. The van der Waals surface area contributed by atoms with Gasteiger partial charge in [-0.2, -0.15) is 0 Å². The molecule has 0 unspecified atom stereocenters. The minimum Gasteiger partial charge on any atom is -0.356 e. The highest BCUT2D eigenvalue weighted by molar-refractivity contribution is 6.31. The Bertz CT molecular complexity index is 475. The number of carbonyl (C=O) groups is 2. The molecule has 1 aromatic carbocycles. The number of halogens is 1. The van der Waals surface area contributed by atoms with Gasteiger partial charge in [0, 0.05) is 30.6 Å². The lowest BCUT2D eigenvalue weighted by molar-refractivity contribution is -0.119. The molecule has 0 radical (unpaired) electrons. The fourth-order valence-electron chi connectivity index (χ4n) is 1.81. The normalized spacial score (nSPS) is 10.2. The van der Waals surface area contributed by atoms with E-state index in [1.54, 1.807) is 6.07 Å². The number of amides is 2. The smallest absolute Gasteiger partial charge is 0.224 e. The number of hydrogen-bond donors (Lipinski definition) is 2. The lowest BCUT2D eigenvalue weighted by Gasteiger charge is -2.09. The van der Waals surface area contributed by atoms with E-state index in [-0.39, 0.29) is 11.8 Å². The summed E-state index contributed by atoms with van der Waals surface area (Å²) in [5.41, 5.74) is 1.65. The van der Waals surface area contributed by atoms with Gasteiger partial charge in [-0.15, -0.1) is 0 Å². The van der Waals surface area contributed by atoms with E-state index in [2.05, 4.69) is 10.6 Å². The fourth-order valence-corrected chi connectivity index (χ4v) is 1.98. The van der Waals surface area contributed by atoms with Gasteiger partial charge in [-0.3, -0.25) is 9.59 Å². The van der Waals surface area contributed by atoms with Crippen LogP contribution in [0.1, 0.15) is 38.2 Å². The molecule has 0 saturated carbocycles. The van der Waals surface area contributed by atoms with Crippen molar-refractivity contribution in [3.63, 3.8) is 0 Å². The van der Waals surface area contributed by atoms with E-state index in [1.807, 2.05) is 19.1 Å². The fraction of sp³-hybridized carbons (Fsp3) is 0.467. The van der Waals surface area contributed by atoms with Crippen molar-refractivity contribution in [2.75, 3.05) is 11.9 Å². The predicted molar refractivity (Wildman–Crippen MR) is 82.0 cm³/mol. The first-order valence-corrected chi connectivity index (χ1v) is 7.18. The average molecular weight is 297 g/mol. The molecule has 0 aliphatic carbocycles. The molecule has 0 atom stereocenters. The summed E-state index contributed by atoms with van der Waals surface area (Å²) < 4.78 is 0. The monoisotopic (exact) mass is 296 g/mol. The minimum absolute atomic E-state index is 0.00473. The molecule has 1 aromatic rings. The molecule has 0 spiro atoms. The van der Waals surface area contributed by atoms with Gasteiger partial charge in [0.2, 0.25) is 11.8 Å². The first-order valence-electron chi connectivity index (χ1n) is 6.80. The van der Waals surface area contributed by atoms with Crippen molar-refractivity contribution in [3.05, 3.63) is 28.8 Å². The third kappa shape index (κ3) is 6.06. The number of rotatable bonds is 7. The van der Waals surface area contributed by atoms with Crippen LogP contribution in [0.15, 0.2) is 18.2 Å². The minimum atomic E-state index is -0.0147. The Morgan fingerprint density at radius 1 is 1.20 bits per heavy atom. The van der Waals surface area contributed by atoms with Gasteiger partial charge < -0.3 is 10.6 Å². The van der Waals surface area contributed by atoms with Crippen molar-refractivity contribution < 1.29 is 9.59 Å². The molecule has 2 N–H and O–H groups in total. The van der Waals surface area contributed by atoms with Crippen LogP contribution >= 0.6 is 11.6 Å². The Kier molecular flexibility index (Phi) is 7.09. The molecule has 0 fully saturated rings. The molecular formula is C15H21ClN2O2. The molecule has 0 aliphatic heterocycles. The van der Waals surface area contributed by atoms with Crippen molar-refractivity contribution in [1.29, 1.82) is 0 Å². The molecule has 1 rings (SSSR count). The Labute approximate surface area is 124 Å². The van der Waals surface area contributed by atoms with E-state index in [1.165, 1.54) is 6.92 Å². The second-order valence-electron chi connectivity index (χ2n) is 4.75. The van der Waals surface area contributed by atoms with Gasteiger partial charge >= 0.3 is 0 Å².